The van der Waals surface area contributed by atoms with E-state index in [0.717, 1.165) is 44.6 Å². The molecule has 5 rings (SSSR count). The number of para-hydroxylation sites is 1. The first-order valence-electron chi connectivity index (χ1n) is 8.38. The summed E-state index contributed by atoms with van der Waals surface area (Å²) >= 11 is 0. The van der Waals surface area contributed by atoms with Gasteiger partial charge in [0.2, 0.25) is 0 Å². The number of aromatic nitrogens is 4. The van der Waals surface area contributed by atoms with Gasteiger partial charge in [0, 0.05) is 34.4 Å². The standard InChI is InChI=1S/C21H15N5/c1-2-5-15(6-3-1)26-21-17-11-14(8-9-19(17)24-13-25-21)18-12-23-20-16(18)7-4-10-22-20/h1-13H,(H,22,23)(H,24,25,26). The smallest absolute Gasteiger partial charge is 0.141 e. The second-order valence-electron chi connectivity index (χ2n) is 6.05. The Balaban J connectivity index is 1.66. The monoisotopic (exact) mass is 337 g/mol. The van der Waals surface area contributed by atoms with Gasteiger partial charge in [0.1, 0.15) is 17.8 Å². The van der Waals surface area contributed by atoms with Crippen molar-refractivity contribution in [3.63, 3.8) is 0 Å². The molecule has 3 heterocycles. The molecule has 0 aliphatic rings. The number of H-pyrrole nitrogens is 1. The van der Waals surface area contributed by atoms with Gasteiger partial charge in [-0.1, -0.05) is 24.3 Å². The largest absolute Gasteiger partial charge is 0.346 e. The summed E-state index contributed by atoms with van der Waals surface area (Å²) < 4.78 is 0. The van der Waals surface area contributed by atoms with E-state index >= 15 is 0 Å². The molecule has 5 heteroatoms. The summed E-state index contributed by atoms with van der Waals surface area (Å²) in [6.45, 7) is 0. The Hall–Kier alpha value is -3.73. The zero-order chi connectivity index (χ0) is 17.3. The normalized spacial score (nSPS) is 11.1. The van der Waals surface area contributed by atoms with Gasteiger partial charge in [-0.2, -0.15) is 0 Å². The van der Waals surface area contributed by atoms with Gasteiger partial charge in [0.05, 0.1) is 5.52 Å². The van der Waals surface area contributed by atoms with Crippen LogP contribution in [0.5, 0.6) is 0 Å². The maximum atomic E-state index is 4.44. The molecule has 5 nitrogen and oxygen atoms in total. The summed E-state index contributed by atoms with van der Waals surface area (Å²) in [6, 6.07) is 20.3. The minimum atomic E-state index is 0.793. The lowest BCUT2D eigenvalue weighted by Gasteiger charge is -2.09. The molecule has 3 aromatic heterocycles. The Bertz CT molecular complexity index is 1210. The summed E-state index contributed by atoms with van der Waals surface area (Å²) in [5, 5.41) is 5.46. The van der Waals surface area contributed by atoms with Gasteiger partial charge >= 0.3 is 0 Å². The molecule has 26 heavy (non-hydrogen) atoms. The highest BCUT2D eigenvalue weighted by molar-refractivity contribution is 5.99. The van der Waals surface area contributed by atoms with Crippen molar-refractivity contribution in [3.05, 3.63) is 79.4 Å². The first-order valence-corrected chi connectivity index (χ1v) is 8.38. The lowest BCUT2D eigenvalue weighted by molar-refractivity contribution is 1.22. The van der Waals surface area contributed by atoms with E-state index in [-0.39, 0.29) is 0 Å². The summed E-state index contributed by atoms with van der Waals surface area (Å²) in [7, 11) is 0. The Morgan fingerprint density at radius 3 is 2.65 bits per heavy atom. The lowest BCUT2D eigenvalue weighted by atomic mass is 10.0. The first kappa shape index (κ1) is 14.6. The number of hydrogen-bond donors (Lipinski definition) is 2. The fourth-order valence-corrected chi connectivity index (χ4v) is 3.18. The molecule has 0 aliphatic heterocycles. The van der Waals surface area contributed by atoms with Crippen molar-refractivity contribution in [2.75, 3.05) is 5.32 Å². The number of fused-ring (bicyclic) bond motifs is 2. The van der Waals surface area contributed by atoms with Gasteiger partial charge in [0.25, 0.3) is 0 Å². The highest BCUT2D eigenvalue weighted by Crippen LogP contribution is 2.32. The molecule has 2 N–H and O–H groups in total. The van der Waals surface area contributed by atoms with Gasteiger partial charge in [-0.3, -0.25) is 0 Å². The number of anilines is 2. The maximum absolute atomic E-state index is 4.44. The van der Waals surface area contributed by atoms with E-state index in [9.17, 15) is 0 Å². The van der Waals surface area contributed by atoms with E-state index in [1.54, 1.807) is 12.5 Å². The number of aromatic amines is 1. The van der Waals surface area contributed by atoms with Crippen LogP contribution in [-0.4, -0.2) is 19.9 Å². The number of benzene rings is 2. The fourth-order valence-electron chi connectivity index (χ4n) is 3.18. The summed E-state index contributed by atoms with van der Waals surface area (Å²) in [5.74, 6) is 0.793. The van der Waals surface area contributed by atoms with Gasteiger partial charge in [-0.25, -0.2) is 15.0 Å². The third kappa shape index (κ3) is 2.46. The van der Waals surface area contributed by atoms with Crippen LogP contribution in [0, 0.1) is 0 Å². The number of pyridine rings is 1. The number of hydrogen-bond acceptors (Lipinski definition) is 4. The number of nitrogens with one attached hydrogen (secondary N) is 2. The third-order valence-electron chi connectivity index (χ3n) is 4.43. The van der Waals surface area contributed by atoms with Crippen LogP contribution in [-0.2, 0) is 0 Å². The van der Waals surface area contributed by atoms with E-state index in [4.69, 9.17) is 0 Å². The van der Waals surface area contributed by atoms with Gasteiger partial charge in [-0.15, -0.1) is 0 Å². The molecular formula is C21H15N5. The van der Waals surface area contributed by atoms with E-state index in [2.05, 4.69) is 43.5 Å². The molecule has 0 saturated heterocycles. The predicted octanol–water partition coefficient (Wildman–Crippen LogP) is 4.92. The molecule has 0 atom stereocenters. The number of nitrogens with zero attached hydrogens (tertiary/aromatic N) is 3. The van der Waals surface area contributed by atoms with Crippen LogP contribution in [0.3, 0.4) is 0 Å². The van der Waals surface area contributed by atoms with Crippen LogP contribution in [0.4, 0.5) is 11.5 Å². The van der Waals surface area contributed by atoms with Gasteiger partial charge in [-0.05, 0) is 42.0 Å². The van der Waals surface area contributed by atoms with Crippen LogP contribution in [0.25, 0.3) is 33.1 Å². The molecule has 0 radical (unpaired) electrons. The predicted molar refractivity (Wildman–Crippen MR) is 104 cm³/mol. The molecule has 0 saturated carbocycles. The topological polar surface area (TPSA) is 66.5 Å². The fraction of sp³-hybridized carbons (Fsp3) is 0. The average molecular weight is 337 g/mol. The number of rotatable bonds is 3. The first-order chi connectivity index (χ1) is 12.9. The van der Waals surface area contributed by atoms with Crippen LogP contribution < -0.4 is 5.32 Å². The third-order valence-corrected chi connectivity index (χ3v) is 4.43. The molecule has 0 unspecified atom stereocenters. The Kier molecular flexibility index (Phi) is 3.35. The quantitative estimate of drug-likeness (QED) is 0.490. The second-order valence-corrected chi connectivity index (χ2v) is 6.05. The van der Waals surface area contributed by atoms with Crippen molar-refractivity contribution in [3.8, 4) is 11.1 Å². The van der Waals surface area contributed by atoms with E-state index < -0.39 is 0 Å². The van der Waals surface area contributed by atoms with Crippen molar-refractivity contribution < 1.29 is 0 Å². The van der Waals surface area contributed by atoms with Crippen molar-refractivity contribution in [1.82, 2.24) is 19.9 Å². The Morgan fingerprint density at radius 1 is 0.808 bits per heavy atom. The van der Waals surface area contributed by atoms with Crippen molar-refractivity contribution in [2.45, 2.75) is 0 Å². The van der Waals surface area contributed by atoms with Crippen molar-refractivity contribution in [2.24, 2.45) is 0 Å². The van der Waals surface area contributed by atoms with Crippen LogP contribution in [0.1, 0.15) is 0 Å². The van der Waals surface area contributed by atoms with Crippen molar-refractivity contribution >= 4 is 33.4 Å². The van der Waals surface area contributed by atoms with E-state index in [1.165, 1.54) is 0 Å². The van der Waals surface area contributed by atoms with Crippen LogP contribution in [0.2, 0.25) is 0 Å². The molecule has 0 spiro atoms. The van der Waals surface area contributed by atoms with E-state index in [0.29, 0.717) is 0 Å². The molecular weight excluding hydrogens is 322 g/mol. The molecule has 0 aliphatic carbocycles. The lowest BCUT2D eigenvalue weighted by Crippen LogP contribution is -1.96. The molecule has 0 amide bonds. The van der Waals surface area contributed by atoms with Crippen molar-refractivity contribution in [1.29, 1.82) is 0 Å². The Labute approximate surface area is 149 Å². The summed E-state index contributed by atoms with van der Waals surface area (Å²) in [5.41, 5.74) is 5.00. The molecule has 124 valence electrons. The maximum Gasteiger partial charge on any atom is 0.141 e. The molecule has 5 aromatic rings. The SMILES string of the molecule is c1ccc(Nc2ncnc3ccc(-c4c[nH]c5ncccc45)cc23)cc1. The van der Waals surface area contributed by atoms with Crippen LogP contribution in [0.15, 0.2) is 79.4 Å². The highest BCUT2D eigenvalue weighted by atomic mass is 15.0. The Morgan fingerprint density at radius 2 is 1.73 bits per heavy atom. The molecule has 0 fully saturated rings. The average Bonchev–Trinajstić information content (AvgIpc) is 3.13. The van der Waals surface area contributed by atoms with E-state index in [1.807, 2.05) is 48.7 Å². The van der Waals surface area contributed by atoms with Crippen LogP contribution >= 0.6 is 0 Å². The summed E-state index contributed by atoms with van der Waals surface area (Å²) in [4.78, 5) is 16.4. The minimum absolute atomic E-state index is 0.793. The minimum Gasteiger partial charge on any atom is -0.346 e. The zero-order valence-corrected chi connectivity index (χ0v) is 13.8. The highest BCUT2D eigenvalue weighted by Gasteiger charge is 2.10. The second kappa shape index (κ2) is 5.97. The van der Waals surface area contributed by atoms with Gasteiger partial charge in [0.15, 0.2) is 0 Å². The van der Waals surface area contributed by atoms with Gasteiger partial charge < -0.3 is 10.3 Å². The molecule has 0 bridgehead atoms. The zero-order valence-electron chi connectivity index (χ0n) is 13.8. The molecule has 2 aromatic carbocycles. The summed E-state index contributed by atoms with van der Waals surface area (Å²) in [6.07, 6.45) is 5.37.